The van der Waals surface area contributed by atoms with Crippen molar-refractivity contribution in [3.63, 3.8) is 0 Å². The van der Waals surface area contributed by atoms with Crippen molar-refractivity contribution in [2.45, 2.75) is 52.2 Å². The van der Waals surface area contributed by atoms with Gasteiger partial charge in [0, 0.05) is 18.9 Å². The first-order valence-corrected chi connectivity index (χ1v) is 7.00. The molecule has 1 rings (SSSR count). The Kier molecular flexibility index (Phi) is 4.86. The molecular formula is C14H24N2O5. The Balaban J connectivity index is 2.81. The molecule has 7 nitrogen and oxygen atoms in total. The van der Waals surface area contributed by atoms with Crippen LogP contribution in [0.25, 0.3) is 0 Å². The number of ether oxygens (including phenoxy) is 1. The number of carbonyl (C=O) groups is 3. The van der Waals surface area contributed by atoms with Crippen molar-refractivity contribution in [1.82, 2.24) is 10.2 Å². The van der Waals surface area contributed by atoms with Gasteiger partial charge >= 0.3 is 12.1 Å². The molecule has 0 aromatic rings. The van der Waals surface area contributed by atoms with E-state index in [0.29, 0.717) is 6.54 Å². The molecule has 0 aromatic heterocycles. The molecule has 21 heavy (non-hydrogen) atoms. The van der Waals surface area contributed by atoms with Crippen LogP contribution in [0.15, 0.2) is 0 Å². The summed E-state index contributed by atoms with van der Waals surface area (Å²) in [5.74, 6) is -1.49. The zero-order valence-electron chi connectivity index (χ0n) is 13.2. The molecule has 1 aliphatic rings. The fraction of sp³-hybridized carbons (Fsp3) is 0.786. The summed E-state index contributed by atoms with van der Waals surface area (Å²) < 4.78 is 5.10. The van der Waals surface area contributed by atoms with E-state index >= 15 is 0 Å². The molecule has 0 bridgehead atoms. The Morgan fingerprint density at radius 2 is 1.86 bits per heavy atom. The zero-order valence-corrected chi connectivity index (χ0v) is 13.2. The second-order valence-electron chi connectivity index (χ2n) is 6.68. The van der Waals surface area contributed by atoms with Crippen LogP contribution in [0.1, 0.15) is 41.0 Å². The average molecular weight is 300 g/mol. The van der Waals surface area contributed by atoms with Gasteiger partial charge in [-0.15, -0.1) is 0 Å². The molecule has 2 amide bonds. The molecule has 1 fully saturated rings. The second-order valence-corrected chi connectivity index (χ2v) is 6.68. The first kappa shape index (κ1) is 17.3. The molecule has 7 heteroatoms. The number of rotatable bonds is 3. The van der Waals surface area contributed by atoms with E-state index in [1.54, 1.807) is 34.6 Å². The summed E-state index contributed by atoms with van der Waals surface area (Å²) in [5, 5.41) is 11.9. The Hall–Kier alpha value is -1.79. The van der Waals surface area contributed by atoms with Gasteiger partial charge in [-0.25, -0.2) is 9.59 Å². The lowest BCUT2D eigenvalue weighted by Gasteiger charge is -2.28. The predicted octanol–water partition coefficient (Wildman–Crippen LogP) is 1.22. The predicted molar refractivity (Wildman–Crippen MR) is 75.8 cm³/mol. The SMILES string of the molecule is CC(C)C(=O)N1CCC(NC(=O)OC(C)(C)C)(C(=O)O)C1. The van der Waals surface area contributed by atoms with E-state index in [2.05, 4.69) is 5.32 Å². The first-order valence-electron chi connectivity index (χ1n) is 7.00. The van der Waals surface area contributed by atoms with Gasteiger partial charge in [-0.05, 0) is 20.8 Å². The fourth-order valence-electron chi connectivity index (χ4n) is 2.19. The number of hydrogen-bond donors (Lipinski definition) is 2. The van der Waals surface area contributed by atoms with E-state index < -0.39 is 23.2 Å². The van der Waals surface area contributed by atoms with E-state index in [1.807, 2.05) is 0 Å². The minimum atomic E-state index is -1.48. The lowest BCUT2D eigenvalue weighted by atomic mass is 9.99. The van der Waals surface area contributed by atoms with Crippen molar-refractivity contribution in [3.05, 3.63) is 0 Å². The van der Waals surface area contributed by atoms with E-state index in [1.165, 1.54) is 4.90 Å². The molecule has 1 aliphatic heterocycles. The largest absolute Gasteiger partial charge is 0.479 e. The lowest BCUT2D eigenvalue weighted by molar-refractivity contribution is -0.144. The van der Waals surface area contributed by atoms with Gasteiger partial charge in [0.1, 0.15) is 5.60 Å². The molecule has 0 aliphatic carbocycles. The van der Waals surface area contributed by atoms with Crippen molar-refractivity contribution in [2.75, 3.05) is 13.1 Å². The Labute approximate surface area is 124 Å². The third-order valence-electron chi connectivity index (χ3n) is 3.22. The Bertz CT molecular complexity index is 441. The lowest BCUT2D eigenvalue weighted by Crippen LogP contribution is -2.57. The third kappa shape index (κ3) is 4.34. The molecular weight excluding hydrogens is 276 g/mol. The fourth-order valence-corrected chi connectivity index (χ4v) is 2.19. The molecule has 1 atom stereocenters. The highest BCUT2D eigenvalue weighted by Gasteiger charge is 2.48. The van der Waals surface area contributed by atoms with Gasteiger partial charge in [-0.3, -0.25) is 4.79 Å². The zero-order chi connectivity index (χ0) is 16.4. The van der Waals surface area contributed by atoms with Crippen molar-refractivity contribution in [2.24, 2.45) is 5.92 Å². The highest BCUT2D eigenvalue weighted by molar-refractivity contribution is 5.87. The quantitative estimate of drug-likeness (QED) is 0.817. The van der Waals surface area contributed by atoms with E-state index in [9.17, 15) is 19.5 Å². The van der Waals surface area contributed by atoms with Crippen LogP contribution in [-0.4, -0.2) is 52.2 Å². The van der Waals surface area contributed by atoms with E-state index in [4.69, 9.17) is 4.74 Å². The number of aliphatic carboxylic acids is 1. The summed E-state index contributed by atoms with van der Waals surface area (Å²) >= 11 is 0. The van der Waals surface area contributed by atoms with Gasteiger partial charge in [0.15, 0.2) is 5.54 Å². The highest BCUT2D eigenvalue weighted by atomic mass is 16.6. The van der Waals surface area contributed by atoms with Gasteiger partial charge in [0.2, 0.25) is 5.91 Å². The molecule has 2 N–H and O–H groups in total. The average Bonchev–Trinajstić information content (AvgIpc) is 2.70. The number of alkyl carbamates (subject to hydrolysis) is 1. The van der Waals surface area contributed by atoms with Crippen molar-refractivity contribution >= 4 is 18.0 Å². The third-order valence-corrected chi connectivity index (χ3v) is 3.22. The summed E-state index contributed by atoms with van der Waals surface area (Å²) in [7, 11) is 0. The molecule has 0 aromatic carbocycles. The van der Waals surface area contributed by atoms with Crippen LogP contribution < -0.4 is 5.32 Å². The summed E-state index contributed by atoms with van der Waals surface area (Å²) in [5.41, 5.74) is -2.19. The molecule has 1 heterocycles. The van der Waals surface area contributed by atoms with Crippen molar-refractivity contribution in [3.8, 4) is 0 Å². The highest BCUT2D eigenvalue weighted by Crippen LogP contribution is 2.24. The van der Waals surface area contributed by atoms with E-state index in [0.717, 1.165) is 0 Å². The number of hydrogen-bond acceptors (Lipinski definition) is 4. The molecule has 0 radical (unpaired) electrons. The number of carbonyl (C=O) groups excluding carboxylic acids is 2. The normalized spacial score (nSPS) is 22.3. The van der Waals surface area contributed by atoms with Crippen LogP contribution >= 0.6 is 0 Å². The van der Waals surface area contributed by atoms with Crippen LogP contribution in [-0.2, 0) is 14.3 Å². The maximum absolute atomic E-state index is 12.0. The maximum Gasteiger partial charge on any atom is 0.408 e. The number of carboxylic acid groups (broad SMARTS) is 1. The van der Waals surface area contributed by atoms with Crippen molar-refractivity contribution < 1.29 is 24.2 Å². The van der Waals surface area contributed by atoms with Gasteiger partial charge < -0.3 is 20.1 Å². The van der Waals surface area contributed by atoms with Gasteiger partial charge in [-0.1, -0.05) is 13.8 Å². The Morgan fingerprint density at radius 3 is 2.29 bits per heavy atom. The standard InChI is InChI=1S/C14H24N2O5/c1-9(2)10(17)16-7-6-14(8-16,11(18)19)15-12(20)21-13(3,4)5/h9H,6-8H2,1-5H3,(H,15,20)(H,18,19). The first-order chi connectivity index (χ1) is 9.47. The van der Waals surface area contributed by atoms with Gasteiger partial charge in [0.25, 0.3) is 0 Å². The maximum atomic E-state index is 12.0. The summed E-state index contributed by atoms with van der Waals surface area (Å²) in [6.45, 7) is 8.86. The topological polar surface area (TPSA) is 95.9 Å². The monoisotopic (exact) mass is 300 g/mol. The smallest absolute Gasteiger partial charge is 0.408 e. The van der Waals surface area contributed by atoms with Crippen LogP contribution in [0, 0.1) is 5.92 Å². The summed E-state index contributed by atoms with van der Waals surface area (Å²) in [6, 6.07) is 0. The molecule has 0 spiro atoms. The Morgan fingerprint density at radius 1 is 1.29 bits per heavy atom. The second kappa shape index (κ2) is 5.91. The molecule has 120 valence electrons. The van der Waals surface area contributed by atoms with Crippen LogP contribution in [0.2, 0.25) is 0 Å². The number of carboxylic acids is 1. The van der Waals surface area contributed by atoms with Crippen LogP contribution in [0.5, 0.6) is 0 Å². The number of amides is 2. The molecule has 0 saturated carbocycles. The summed E-state index contributed by atoms with van der Waals surface area (Å²) in [6.07, 6.45) is -0.621. The van der Waals surface area contributed by atoms with Gasteiger partial charge in [0.05, 0.1) is 6.54 Å². The minimum absolute atomic E-state index is 0.0431. The van der Waals surface area contributed by atoms with Crippen molar-refractivity contribution in [1.29, 1.82) is 0 Å². The van der Waals surface area contributed by atoms with Crippen LogP contribution in [0.4, 0.5) is 4.79 Å². The minimum Gasteiger partial charge on any atom is -0.479 e. The summed E-state index contributed by atoms with van der Waals surface area (Å²) in [4.78, 5) is 36.8. The molecule has 1 saturated heterocycles. The van der Waals surface area contributed by atoms with Crippen LogP contribution in [0.3, 0.4) is 0 Å². The van der Waals surface area contributed by atoms with Gasteiger partial charge in [-0.2, -0.15) is 0 Å². The number of likely N-dealkylation sites (tertiary alicyclic amines) is 1. The molecule has 1 unspecified atom stereocenters. The van der Waals surface area contributed by atoms with E-state index in [-0.39, 0.29) is 24.8 Å². The number of nitrogens with one attached hydrogen (secondary N) is 1. The number of nitrogens with zero attached hydrogens (tertiary/aromatic N) is 1.